The Morgan fingerprint density at radius 3 is 2.58 bits per heavy atom. The summed E-state index contributed by atoms with van der Waals surface area (Å²) in [7, 11) is 0. The lowest BCUT2D eigenvalue weighted by Gasteiger charge is -2.42. The normalized spacial score (nSPS) is 48.8. The third-order valence-electron chi connectivity index (χ3n) is 6.91. The summed E-state index contributed by atoms with van der Waals surface area (Å²) >= 11 is 2.39. The average molecular weight is 276 g/mol. The maximum Gasteiger partial charge on any atom is 0.0194 e. The SMILES string of the molecule is C/C=C1/C2CC(C1C(C)C)C1C2CSC12CCCC2. The van der Waals surface area contributed by atoms with Crippen molar-refractivity contribution in [3.8, 4) is 0 Å². The lowest BCUT2D eigenvalue weighted by molar-refractivity contribution is 0.161. The molecule has 1 aliphatic heterocycles. The topological polar surface area (TPSA) is 0 Å². The molecule has 5 unspecified atom stereocenters. The van der Waals surface area contributed by atoms with E-state index in [9.17, 15) is 0 Å². The van der Waals surface area contributed by atoms with Gasteiger partial charge in [0.2, 0.25) is 0 Å². The van der Waals surface area contributed by atoms with E-state index < -0.39 is 0 Å². The molecule has 3 saturated carbocycles. The fourth-order valence-electron chi connectivity index (χ4n) is 6.53. The molecule has 0 aromatic rings. The van der Waals surface area contributed by atoms with Gasteiger partial charge in [-0.3, -0.25) is 0 Å². The second-order valence-corrected chi connectivity index (χ2v) is 9.27. The molecular formula is C18H28S. The Morgan fingerprint density at radius 2 is 1.95 bits per heavy atom. The van der Waals surface area contributed by atoms with Crippen LogP contribution in [0.1, 0.15) is 52.9 Å². The Bertz CT molecular complexity index is 402. The first-order valence-electron chi connectivity index (χ1n) is 8.48. The van der Waals surface area contributed by atoms with Gasteiger partial charge in [0.05, 0.1) is 0 Å². The molecule has 1 spiro atoms. The summed E-state index contributed by atoms with van der Waals surface area (Å²) in [6, 6.07) is 0. The van der Waals surface area contributed by atoms with E-state index >= 15 is 0 Å². The van der Waals surface area contributed by atoms with E-state index in [2.05, 4.69) is 38.6 Å². The predicted octanol–water partition coefficient (Wildman–Crippen LogP) is 5.15. The zero-order valence-corrected chi connectivity index (χ0v) is 13.5. The van der Waals surface area contributed by atoms with Crippen molar-refractivity contribution in [2.24, 2.45) is 35.5 Å². The Balaban J connectivity index is 1.72. The molecular weight excluding hydrogens is 248 g/mol. The molecule has 1 heterocycles. The molecule has 19 heavy (non-hydrogen) atoms. The van der Waals surface area contributed by atoms with E-state index in [1.54, 1.807) is 6.42 Å². The molecule has 4 aliphatic rings. The molecule has 0 aromatic heterocycles. The molecule has 0 amide bonds. The maximum atomic E-state index is 2.50. The van der Waals surface area contributed by atoms with E-state index in [4.69, 9.17) is 0 Å². The molecule has 2 bridgehead atoms. The summed E-state index contributed by atoms with van der Waals surface area (Å²) in [5.74, 6) is 7.40. The lowest BCUT2D eigenvalue weighted by atomic mass is 9.64. The van der Waals surface area contributed by atoms with Crippen LogP contribution in [0.5, 0.6) is 0 Å². The minimum Gasteiger partial charge on any atom is -0.155 e. The van der Waals surface area contributed by atoms with Crippen molar-refractivity contribution in [1.82, 2.24) is 0 Å². The number of thioether (sulfide) groups is 1. The first-order chi connectivity index (χ1) is 9.18. The highest BCUT2D eigenvalue weighted by Gasteiger charge is 2.64. The van der Waals surface area contributed by atoms with Gasteiger partial charge < -0.3 is 0 Å². The zero-order chi connectivity index (χ0) is 13.2. The Kier molecular flexibility index (Phi) is 2.89. The van der Waals surface area contributed by atoms with Crippen LogP contribution >= 0.6 is 11.8 Å². The van der Waals surface area contributed by atoms with Crippen molar-refractivity contribution >= 4 is 11.8 Å². The number of hydrogen-bond donors (Lipinski definition) is 0. The van der Waals surface area contributed by atoms with Crippen LogP contribution in [0.15, 0.2) is 11.6 Å². The first kappa shape index (κ1) is 12.8. The largest absolute Gasteiger partial charge is 0.155 e. The molecule has 4 fully saturated rings. The average Bonchev–Trinajstić information content (AvgIpc) is 3.12. The predicted molar refractivity (Wildman–Crippen MR) is 84.3 cm³/mol. The quantitative estimate of drug-likeness (QED) is 0.597. The fourth-order valence-corrected chi connectivity index (χ4v) is 8.61. The Hall–Kier alpha value is 0.0900. The molecule has 106 valence electrons. The third kappa shape index (κ3) is 1.54. The van der Waals surface area contributed by atoms with Crippen molar-refractivity contribution in [1.29, 1.82) is 0 Å². The van der Waals surface area contributed by atoms with E-state index in [0.717, 1.165) is 40.3 Å². The zero-order valence-electron chi connectivity index (χ0n) is 12.7. The van der Waals surface area contributed by atoms with Crippen molar-refractivity contribution in [3.05, 3.63) is 11.6 Å². The van der Waals surface area contributed by atoms with Crippen LogP contribution in [0.4, 0.5) is 0 Å². The molecule has 1 saturated heterocycles. The highest BCUT2D eigenvalue weighted by molar-refractivity contribution is 8.01. The highest BCUT2D eigenvalue weighted by atomic mass is 32.2. The molecule has 4 rings (SSSR count). The van der Waals surface area contributed by atoms with Gasteiger partial charge in [-0.2, -0.15) is 11.8 Å². The van der Waals surface area contributed by atoms with Crippen LogP contribution in [0.3, 0.4) is 0 Å². The Morgan fingerprint density at radius 1 is 1.21 bits per heavy atom. The van der Waals surface area contributed by atoms with Crippen molar-refractivity contribution in [3.63, 3.8) is 0 Å². The van der Waals surface area contributed by atoms with Gasteiger partial charge in [0.25, 0.3) is 0 Å². The van der Waals surface area contributed by atoms with E-state index in [0.29, 0.717) is 0 Å². The summed E-state index contributed by atoms with van der Waals surface area (Å²) in [5.41, 5.74) is 1.86. The minimum atomic E-state index is 0.733. The smallest absolute Gasteiger partial charge is 0.0194 e. The number of hydrogen-bond acceptors (Lipinski definition) is 1. The molecule has 0 aromatic carbocycles. The molecule has 3 aliphatic carbocycles. The first-order valence-corrected chi connectivity index (χ1v) is 9.46. The lowest BCUT2D eigenvalue weighted by Crippen LogP contribution is -2.40. The Labute approximate surface area is 122 Å². The molecule has 5 atom stereocenters. The fraction of sp³-hybridized carbons (Fsp3) is 0.889. The standard InChI is InChI=1S/C18H28S/c1-4-12-13-9-14(16(12)11(2)3)17-15(13)10-19-18(17)7-5-6-8-18/h4,11,13-17H,5-10H2,1-3H3/b12-4-. The summed E-state index contributed by atoms with van der Waals surface area (Å²) in [5, 5.41) is 0. The highest BCUT2D eigenvalue weighted by Crippen LogP contribution is 2.71. The van der Waals surface area contributed by atoms with Gasteiger partial charge in [-0.1, -0.05) is 38.3 Å². The van der Waals surface area contributed by atoms with Gasteiger partial charge in [-0.25, -0.2) is 0 Å². The van der Waals surface area contributed by atoms with Crippen molar-refractivity contribution in [2.75, 3.05) is 5.75 Å². The summed E-state index contributed by atoms with van der Waals surface area (Å²) in [6.45, 7) is 7.23. The molecule has 1 heteroatoms. The van der Waals surface area contributed by atoms with Gasteiger partial charge in [0, 0.05) is 4.75 Å². The van der Waals surface area contributed by atoms with Gasteiger partial charge in [-0.15, -0.1) is 0 Å². The summed E-state index contributed by atoms with van der Waals surface area (Å²) in [6.07, 6.45) is 10.1. The van der Waals surface area contributed by atoms with Crippen LogP contribution in [-0.4, -0.2) is 10.5 Å². The van der Waals surface area contributed by atoms with E-state index in [-0.39, 0.29) is 0 Å². The summed E-state index contributed by atoms with van der Waals surface area (Å²) < 4.78 is 0.733. The van der Waals surface area contributed by atoms with E-state index in [1.807, 2.05) is 5.57 Å². The second-order valence-electron chi connectivity index (χ2n) is 7.84. The van der Waals surface area contributed by atoms with Crippen LogP contribution in [0.25, 0.3) is 0 Å². The molecule has 0 nitrogen and oxygen atoms in total. The number of rotatable bonds is 1. The van der Waals surface area contributed by atoms with E-state index in [1.165, 1.54) is 31.4 Å². The van der Waals surface area contributed by atoms with Crippen LogP contribution in [0, 0.1) is 35.5 Å². The van der Waals surface area contributed by atoms with Crippen molar-refractivity contribution in [2.45, 2.75) is 57.6 Å². The van der Waals surface area contributed by atoms with Gasteiger partial charge in [0.15, 0.2) is 0 Å². The third-order valence-corrected chi connectivity index (χ3v) is 8.72. The van der Waals surface area contributed by atoms with Crippen molar-refractivity contribution < 1.29 is 0 Å². The van der Waals surface area contributed by atoms with Crippen LogP contribution < -0.4 is 0 Å². The van der Waals surface area contributed by atoms with Crippen LogP contribution in [0.2, 0.25) is 0 Å². The maximum absolute atomic E-state index is 2.50. The molecule has 0 N–H and O–H groups in total. The van der Waals surface area contributed by atoms with Crippen LogP contribution in [-0.2, 0) is 0 Å². The minimum absolute atomic E-state index is 0.733. The molecule has 0 radical (unpaired) electrons. The van der Waals surface area contributed by atoms with Gasteiger partial charge in [0.1, 0.15) is 0 Å². The van der Waals surface area contributed by atoms with Gasteiger partial charge in [-0.05, 0) is 67.4 Å². The second kappa shape index (κ2) is 4.29. The number of allylic oxidation sites excluding steroid dienone is 2. The number of fused-ring (bicyclic) bond motifs is 6. The van der Waals surface area contributed by atoms with Gasteiger partial charge >= 0.3 is 0 Å². The summed E-state index contributed by atoms with van der Waals surface area (Å²) in [4.78, 5) is 0. The monoisotopic (exact) mass is 276 g/mol.